The number of ether oxygens (including phenoxy) is 1. The van der Waals surface area contributed by atoms with E-state index >= 15 is 0 Å². The first-order chi connectivity index (χ1) is 11.5. The van der Waals surface area contributed by atoms with Crippen LogP contribution in [0.2, 0.25) is 19.6 Å². The summed E-state index contributed by atoms with van der Waals surface area (Å²) in [6.45, 7) is 12.7. The Hall–Kier alpha value is -2.35. The molecule has 0 saturated carbocycles. The van der Waals surface area contributed by atoms with Gasteiger partial charge in [-0.15, -0.1) is 20.4 Å². The summed E-state index contributed by atoms with van der Waals surface area (Å²) in [7, 11) is -1.56. The van der Waals surface area contributed by atoms with E-state index in [9.17, 15) is 4.79 Å². The van der Waals surface area contributed by atoms with Gasteiger partial charge in [0.2, 0.25) is 5.82 Å². The van der Waals surface area contributed by atoms with Gasteiger partial charge in [-0.25, -0.2) is 4.79 Å². The van der Waals surface area contributed by atoms with Crippen molar-refractivity contribution in [2.24, 2.45) is 0 Å². The molecule has 2 aromatic rings. The first-order valence-electron chi connectivity index (χ1n) is 8.17. The van der Waals surface area contributed by atoms with Crippen LogP contribution in [0.3, 0.4) is 0 Å². The third-order valence-electron chi connectivity index (χ3n) is 3.36. The number of carbonyl (C=O) groups is 1. The molecule has 8 heteroatoms. The van der Waals surface area contributed by atoms with Crippen LogP contribution in [-0.4, -0.2) is 40.2 Å². The number of nitrogens with one attached hydrogen (secondary N) is 1. The Bertz CT molecular complexity index is 739. The van der Waals surface area contributed by atoms with Crippen LogP contribution in [0.4, 0.5) is 4.79 Å². The maximum absolute atomic E-state index is 11.9. The molecular weight excluding hydrogens is 334 g/mol. The molecule has 0 aliphatic rings. The first-order valence-corrected chi connectivity index (χ1v) is 11.7. The van der Waals surface area contributed by atoms with Crippen LogP contribution in [0, 0.1) is 0 Å². The number of benzene rings is 1. The zero-order valence-corrected chi connectivity index (χ0v) is 16.6. The predicted octanol–water partition coefficient (Wildman–Crippen LogP) is 2.50. The standard InChI is InChI=1S/C17H25N5O2Si/c1-17(2,3)24-16(23)18-10-12-7-13(15-21-19-11-20-22-15)9-14(8-12)25(4,5)6/h7-9,11H,10H2,1-6H3,(H,18,23). The molecule has 1 amide bonds. The third kappa shape index (κ3) is 5.90. The fourth-order valence-corrected chi connectivity index (χ4v) is 3.37. The van der Waals surface area contributed by atoms with Gasteiger partial charge in [0.15, 0.2) is 6.33 Å². The van der Waals surface area contributed by atoms with Crippen LogP contribution in [-0.2, 0) is 11.3 Å². The third-order valence-corrected chi connectivity index (χ3v) is 5.38. The monoisotopic (exact) mass is 359 g/mol. The lowest BCUT2D eigenvalue weighted by Crippen LogP contribution is -2.38. The van der Waals surface area contributed by atoms with E-state index in [4.69, 9.17) is 4.74 Å². The molecule has 1 aromatic carbocycles. The Morgan fingerprint density at radius 3 is 2.32 bits per heavy atom. The molecular formula is C17H25N5O2Si. The number of amides is 1. The second-order valence-electron chi connectivity index (χ2n) is 7.89. The second kappa shape index (κ2) is 7.26. The predicted molar refractivity (Wildman–Crippen MR) is 99.1 cm³/mol. The van der Waals surface area contributed by atoms with Crippen LogP contribution in [0.15, 0.2) is 24.5 Å². The summed E-state index contributed by atoms with van der Waals surface area (Å²) < 4.78 is 5.29. The highest BCUT2D eigenvalue weighted by molar-refractivity contribution is 6.88. The molecule has 0 unspecified atom stereocenters. The summed E-state index contributed by atoms with van der Waals surface area (Å²) in [5.41, 5.74) is 1.29. The zero-order valence-electron chi connectivity index (χ0n) is 15.6. The van der Waals surface area contributed by atoms with Gasteiger partial charge in [-0.3, -0.25) is 0 Å². The van der Waals surface area contributed by atoms with E-state index in [0.717, 1.165) is 11.1 Å². The van der Waals surface area contributed by atoms with Gasteiger partial charge in [0.25, 0.3) is 0 Å². The number of alkyl carbamates (subject to hydrolysis) is 1. The normalized spacial score (nSPS) is 11.9. The minimum atomic E-state index is -1.56. The zero-order chi connectivity index (χ0) is 18.7. The molecule has 0 aliphatic carbocycles. The lowest BCUT2D eigenvalue weighted by atomic mass is 10.1. The van der Waals surface area contributed by atoms with Crippen LogP contribution >= 0.6 is 0 Å². The smallest absolute Gasteiger partial charge is 0.407 e. The summed E-state index contributed by atoms with van der Waals surface area (Å²) in [5.74, 6) is 0.473. The number of nitrogens with zero attached hydrogens (tertiary/aromatic N) is 4. The van der Waals surface area contributed by atoms with Crippen molar-refractivity contribution in [1.29, 1.82) is 0 Å². The topological polar surface area (TPSA) is 89.9 Å². The summed E-state index contributed by atoms with van der Waals surface area (Å²) in [6, 6.07) is 6.15. The molecule has 2 rings (SSSR count). The molecule has 1 N–H and O–H groups in total. The Kier molecular flexibility index (Phi) is 5.51. The van der Waals surface area contributed by atoms with Crippen LogP contribution in [0.1, 0.15) is 26.3 Å². The number of carbonyl (C=O) groups excluding carboxylic acids is 1. The molecule has 1 aromatic heterocycles. The lowest BCUT2D eigenvalue weighted by molar-refractivity contribution is 0.0523. The largest absolute Gasteiger partial charge is 0.444 e. The van der Waals surface area contributed by atoms with Gasteiger partial charge in [0, 0.05) is 12.1 Å². The SMILES string of the molecule is CC(C)(C)OC(=O)NCc1cc(-c2nncnn2)cc([Si](C)(C)C)c1. The van der Waals surface area contributed by atoms with E-state index in [0.29, 0.717) is 12.4 Å². The highest BCUT2D eigenvalue weighted by Crippen LogP contribution is 2.17. The summed E-state index contributed by atoms with van der Waals surface area (Å²) in [6.07, 6.45) is 0.864. The minimum Gasteiger partial charge on any atom is -0.444 e. The van der Waals surface area contributed by atoms with Crippen molar-refractivity contribution in [3.8, 4) is 11.4 Å². The number of aromatic nitrogens is 4. The average Bonchev–Trinajstić information content (AvgIpc) is 2.51. The van der Waals surface area contributed by atoms with E-state index in [1.807, 2.05) is 26.8 Å². The van der Waals surface area contributed by atoms with Crippen molar-refractivity contribution in [3.63, 3.8) is 0 Å². The Balaban J connectivity index is 2.27. The number of hydrogen-bond acceptors (Lipinski definition) is 6. The van der Waals surface area contributed by atoms with E-state index in [2.05, 4.69) is 57.5 Å². The van der Waals surface area contributed by atoms with E-state index in [1.165, 1.54) is 11.5 Å². The molecule has 0 saturated heterocycles. The number of rotatable bonds is 4. The molecule has 0 spiro atoms. The van der Waals surface area contributed by atoms with Crippen LogP contribution < -0.4 is 10.5 Å². The molecule has 134 valence electrons. The average molecular weight is 360 g/mol. The van der Waals surface area contributed by atoms with E-state index < -0.39 is 19.8 Å². The molecule has 0 aliphatic heterocycles. The summed E-state index contributed by atoms with van der Waals surface area (Å²) in [5, 5.41) is 19.7. The molecule has 0 fully saturated rings. The fraction of sp³-hybridized carbons (Fsp3) is 0.471. The van der Waals surface area contributed by atoms with Gasteiger partial charge >= 0.3 is 6.09 Å². The van der Waals surface area contributed by atoms with Gasteiger partial charge in [-0.1, -0.05) is 37.0 Å². The molecule has 0 atom stereocenters. The second-order valence-corrected chi connectivity index (χ2v) is 13.0. The minimum absolute atomic E-state index is 0.369. The first kappa shape index (κ1) is 19.0. The van der Waals surface area contributed by atoms with Gasteiger partial charge < -0.3 is 10.1 Å². The van der Waals surface area contributed by atoms with Gasteiger partial charge in [0.1, 0.15) is 5.60 Å². The highest BCUT2D eigenvalue weighted by atomic mass is 28.3. The summed E-state index contributed by atoms with van der Waals surface area (Å²) in [4.78, 5) is 11.9. The van der Waals surface area contributed by atoms with Crippen molar-refractivity contribution in [2.45, 2.75) is 52.6 Å². The summed E-state index contributed by atoms with van der Waals surface area (Å²) >= 11 is 0. The van der Waals surface area contributed by atoms with Crippen LogP contribution in [0.5, 0.6) is 0 Å². The molecule has 25 heavy (non-hydrogen) atoms. The quantitative estimate of drug-likeness (QED) is 0.844. The molecule has 0 bridgehead atoms. The Morgan fingerprint density at radius 1 is 1.12 bits per heavy atom. The fourth-order valence-electron chi connectivity index (χ4n) is 2.16. The maximum Gasteiger partial charge on any atom is 0.407 e. The molecule has 0 radical (unpaired) electrons. The van der Waals surface area contributed by atoms with Crippen molar-refractivity contribution in [3.05, 3.63) is 30.1 Å². The Morgan fingerprint density at radius 2 is 1.76 bits per heavy atom. The van der Waals surface area contributed by atoms with Gasteiger partial charge in [0.05, 0.1) is 8.07 Å². The van der Waals surface area contributed by atoms with Gasteiger partial charge in [-0.2, -0.15) is 0 Å². The van der Waals surface area contributed by atoms with E-state index in [1.54, 1.807) is 0 Å². The van der Waals surface area contributed by atoms with Crippen molar-refractivity contribution in [2.75, 3.05) is 0 Å². The van der Waals surface area contributed by atoms with Crippen LogP contribution in [0.25, 0.3) is 11.4 Å². The molecule has 7 nitrogen and oxygen atoms in total. The van der Waals surface area contributed by atoms with Crippen molar-refractivity contribution >= 4 is 19.4 Å². The lowest BCUT2D eigenvalue weighted by Gasteiger charge is -2.21. The highest BCUT2D eigenvalue weighted by Gasteiger charge is 2.20. The van der Waals surface area contributed by atoms with Crippen molar-refractivity contribution < 1.29 is 9.53 Å². The van der Waals surface area contributed by atoms with Gasteiger partial charge in [-0.05, 0) is 32.4 Å². The Labute approximate surface area is 149 Å². The maximum atomic E-state index is 11.9. The molecule has 1 heterocycles. The van der Waals surface area contributed by atoms with Crippen molar-refractivity contribution in [1.82, 2.24) is 25.7 Å². The number of hydrogen-bond donors (Lipinski definition) is 1. The van der Waals surface area contributed by atoms with E-state index in [-0.39, 0.29) is 0 Å².